The van der Waals surface area contributed by atoms with Crippen molar-refractivity contribution < 1.29 is 0 Å². The largest absolute Gasteiger partial charge is 0.0803 e. The molecule has 1 aliphatic carbocycles. The van der Waals surface area contributed by atoms with E-state index < -0.39 is 0 Å². The first-order valence-corrected chi connectivity index (χ1v) is 7.06. The molecule has 0 saturated carbocycles. The van der Waals surface area contributed by atoms with E-state index in [1.807, 2.05) is 0 Å². The summed E-state index contributed by atoms with van der Waals surface area (Å²) in [6, 6.07) is 0. The first-order chi connectivity index (χ1) is 7.68. The van der Waals surface area contributed by atoms with Crippen LogP contribution in [0.15, 0.2) is 23.8 Å². The molecular formula is C17H30. The summed E-state index contributed by atoms with van der Waals surface area (Å²) < 4.78 is 0. The molecule has 0 aliphatic heterocycles. The van der Waals surface area contributed by atoms with Crippen LogP contribution in [-0.2, 0) is 0 Å². The lowest BCUT2D eigenvalue weighted by Crippen LogP contribution is -2.33. The van der Waals surface area contributed by atoms with E-state index in [4.69, 9.17) is 0 Å². The zero-order valence-electron chi connectivity index (χ0n) is 12.8. The van der Waals surface area contributed by atoms with Crippen molar-refractivity contribution >= 4 is 0 Å². The summed E-state index contributed by atoms with van der Waals surface area (Å²) in [5.74, 6) is 1.41. The molecule has 2 atom stereocenters. The average molecular weight is 234 g/mol. The monoisotopic (exact) mass is 234 g/mol. The van der Waals surface area contributed by atoms with Gasteiger partial charge in [-0.2, -0.15) is 0 Å². The van der Waals surface area contributed by atoms with Gasteiger partial charge < -0.3 is 0 Å². The summed E-state index contributed by atoms with van der Waals surface area (Å²) >= 11 is 0. The fourth-order valence-electron chi connectivity index (χ4n) is 3.07. The van der Waals surface area contributed by atoms with Gasteiger partial charge in [0, 0.05) is 0 Å². The highest BCUT2D eigenvalue weighted by atomic mass is 14.4. The number of hydrogen-bond donors (Lipinski definition) is 0. The molecule has 98 valence electrons. The fraction of sp³-hybridized carbons (Fsp3) is 0.765. The summed E-state index contributed by atoms with van der Waals surface area (Å²) in [6.07, 6.45) is 9.66. The van der Waals surface area contributed by atoms with Crippen molar-refractivity contribution in [3.05, 3.63) is 23.8 Å². The van der Waals surface area contributed by atoms with Crippen molar-refractivity contribution in [3.63, 3.8) is 0 Å². The molecule has 0 aromatic carbocycles. The molecule has 1 rings (SSSR count). The summed E-state index contributed by atoms with van der Waals surface area (Å²) in [5.41, 5.74) is 2.30. The minimum absolute atomic E-state index is 0.300. The molecule has 0 fully saturated rings. The Hall–Kier alpha value is -0.520. The van der Waals surface area contributed by atoms with Crippen molar-refractivity contribution in [1.29, 1.82) is 0 Å². The Kier molecular flexibility index (Phi) is 4.28. The van der Waals surface area contributed by atoms with Crippen LogP contribution in [0.2, 0.25) is 0 Å². The Morgan fingerprint density at radius 1 is 1.06 bits per heavy atom. The van der Waals surface area contributed by atoms with Crippen molar-refractivity contribution in [3.8, 4) is 0 Å². The molecule has 0 radical (unpaired) electrons. The molecule has 0 N–H and O–H groups in total. The summed E-state index contributed by atoms with van der Waals surface area (Å²) in [5, 5.41) is 0. The highest BCUT2D eigenvalue weighted by Gasteiger charge is 2.36. The molecule has 0 spiro atoms. The molecule has 0 amide bonds. The maximum absolute atomic E-state index is 2.43. The van der Waals surface area contributed by atoms with Crippen LogP contribution in [-0.4, -0.2) is 0 Å². The molecule has 0 aromatic rings. The van der Waals surface area contributed by atoms with E-state index in [0.717, 1.165) is 5.92 Å². The van der Waals surface area contributed by atoms with Crippen LogP contribution in [0.1, 0.15) is 61.3 Å². The summed E-state index contributed by atoms with van der Waals surface area (Å²) in [4.78, 5) is 0. The van der Waals surface area contributed by atoms with Gasteiger partial charge in [-0.25, -0.2) is 0 Å². The van der Waals surface area contributed by atoms with Crippen LogP contribution in [0, 0.1) is 22.7 Å². The molecule has 0 aromatic heterocycles. The number of rotatable bonds is 2. The Morgan fingerprint density at radius 2 is 1.65 bits per heavy atom. The lowest BCUT2D eigenvalue weighted by Gasteiger charge is -2.42. The van der Waals surface area contributed by atoms with Crippen LogP contribution < -0.4 is 0 Å². The third-order valence-corrected chi connectivity index (χ3v) is 3.89. The first kappa shape index (κ1) is 14.5. The minimum atomic E-state index is 0.300. The van der Waals surface area contributed by atoms with E-state index in [2.05, 4.69) is 66.7 Å². The van der Waals surface area contributed by atoms with Gasteiger partial charge in [0.25, 0.3) is 0 Å². The Bertz CT molecular complexity index is 304. The molecule has 0 bridgehead atoms. The number of hydrogen-bond acceptors (Lipinski definition) is 0. The normalized spacial score (nSPS) is 25.9. The smallest absolute Gasteiger partial charge is 0.0116 e. The maximum atomic E-state index is 2.43. The third-order valence-electron chi connectivity index (χ3n) is 3.89. The van der Waals surface area contributed by atoms with Crippen molar-refractivity contribution in [2.24, 2.45) is 22.7 Å². The standard InChI is InChI=1S/C17H30/c1-8-10-13-14(16(2,3)4)11-9-12-15(13)17(5,6)7/h9,11-14H,8,10H2,1-7H3. The third kappa shape index (κ3) is 3.47. The van der Waals surface area contributed by atoms with Crippen molar-refractivity contribution in [2.45, 2.75) is 61.3 Å². The zero-order chi connectivity index (χ0) is 13.3. The molecule has 1 aliphatic rings. The second kappa shape index (κ2) is 5.00. The summed E-state index contributed by atoms with van der Waals surface area (Å²) in [6.45, 7) is 16.5. The predicted molar refractivity (Wildman–Crippen MR) is 78.0 cm³/mol. The van der Waals surface area contributed by atoms with Gasteiger partial charge in [-0.1, -0.05) is 78.7 Å². The van der Waals surface area contributed by atoms with Crippen LogP contribution in [0.4, 0.5) is 0 Å². The summed E-state index contributed by atoms with van der Waals surface area (Å²) in [7, 11) is 0. The van der Waals surface area contributed by atoms with Gasteiger partial charge in [0.2, 0.25) is 0 Å². The van der Waals surface area contributed by atoms with E-state index in [1.165, 1.54) is 12.8 Å². The van der Waals surface area contributed by atoms with E-state index in [9.17, 15) is 0 Å². The first-order valence-electron chi connectivity index (χ1n) is 7.06. The fourth-order valence-corrected chi connectivity index (χ4v) is 3.07. The van der Waals surface area contributed by atoms with E-state index in [1.54, 1.807) is 5.57 Å². The average Bonchev–Trinajstić information content (AvgIpc) is 2.15. The van der Waals surface area contributed by atoms with Gasteiger partial charge in [0.15, 0.2) is 0 Å². The van der Waals surface area contributed by atoms with Gasteiger partial charge in [0.1, 0.15) is 0 Å². The van der Waals surface area contributed by atoms with Crippen LogP contribution in [0.25, 0.3) is 0 Å². The minimum Gasteiger partial charge on any atom is -0.0803 e. The van der Waals surface area contributed by atoms with Gasteiger partial charge in [-0.05, 0) is 29.1 Å². The second-order valence-corrected chi connectivity index (χ2v) is 7.54. The SMILES string of the molecule is CCCC1C(C(C)(C)C)=CC=CC1C(C)(C)C. The zero-order valence-corrected chi connectivity index (χ0v) is 12.8. The molecule has 2 unspecified atom stereocenters. The quantitative estimate of drug-likeness (QED) is 0.583. The topological polar surface area (TPSA) is 0 Å². The van der Waals surface area contributed by atoms with Crippen LogP contribution >= 0.6 is 0 Å². The second-order valence-electron chi connectivity index (χ2n) is 7.54. The van der Waals surface area contributed by atoms with Crippen LogP contribution in [0.5, 0.6) is 0 Å². The lowest BCUT2D eigenvalue weighted by molar-refractivity contribution is 0.198. The molecule has 0 heteroatoms. The number of allylic oxidation sites excluding steroid dienone is 4. The Morgan fingerprint density at radius 3 is 2.06 bits per heavy atom. The van der Waals surface area contributed by atoms with Gasteiger partial charge in [-0.15, -0.1) is 0 Å². The lowest BCUT2D eigenvalue weighted by atomic mass is 9.63. The van der Waals surface area contributed by atoms with E-state index >= 15 is 0 Å². The highest BCUT2D eigenvalue weighted by Crippen LogP contribution is 2.46. The molecule has 0 saturated heterocycles. The molecule has 0 nitrogen and oxygen atoms in total. The van der Waals surface area contributed by atoms with E-state index in [-0.39, 0.29) is 0 Å². The maximum Gasteiger partial charge on any atom is -0.0116 e. The van der Waals surface area contributed by atoms with E-state index in [0.29, 0.717) is 16.7 Å². The Balaban J connectivity index is 3.07. The highest BCUT2D eigenvalue weighted by molar-refractivity contribution is 5.28. The molecule has 17 heavy (non-hydrogen) atoms. The van der Waals surface area contributed by atoms with Crippen LogP contribution in [0.3, 0.4) is 0 Å². The van der Waals surface area contributed by atoms with Gasteiger partial charge >= 0.3 is 0 Å². The van der Waals surface area contributed by atoms with Crippen molar-refractivity contribution in [2.75, 3.05) is 0 Å². The van der Waals surface area contributed by atoms with Crippen molar-refractivity contribution in [1.82, 2.24) is 0 Å². The van der Waals surface area contributed by atoms with Gasteiger partial charge in [0.05, 0.1) is 0 Å². The van der Waals surface area contributed by atoms with Gasteiger partial charge in [-0.3, -0.25) is 0 Å². The Labute approximate surface area is 108 Å². The molecule has 0 heterocycles. The predicted octanol–water partition coefficient (Wildman–Crippen LogP) is 5.61. The molecular weight excluding hydrogens is 204 g/mol.